The Labute approximate surface area is 75.9 Å². The fraction of sp³-hybridized carbons (Fsp3) is 0.875. The third-order valence-corrected chi connectivity index (χ3v) is 2.13. The van der Waals surface area contributed by atoms with Gasteiger partial charge in [0.1, 0.15) is 24.1 Å². The highest BCUT2D eigenvalue weighted by atomic mass is 16.6. The molecule has 76 valence electrons. The predicted octanol–water partition coefficient (Wildman–Crippen LogP) is -1.55. The van der Waals surface area contributed by atoms with E-state index in [-0.39, 0.29) is 18.8 Å². The second kappa shape index (κ2) is 4.15. The fourth-order valence-corrected chi connectivity index (χ4v) is 1.43. The van der Waals surface area contributed by atoms with Gasteiger partial charge in [-0.2, -0.15) is 0 Å². The zero-order valence-corrected chi connectivity index (χ0v) is 7.38. The maximum atomic E-state index is 10.7. The zero-order valence-electron chi connectivity index (χ0n) is 7.38. The van der Waals surface area contributed by atoms with Crippen LogP contribution in [0.5, 0.6) is 0 Å². The van der Waals surface area contributed by atoms with Gasteiger partial charge in [-0.15, -0.1) is 0 Å². The summed E-state index contributed by atoms with van der Waals surface area (Å²) in [4.78, 5) is 10.7. The molecule has 1 aliphatic heterocycles. The second-order valence-electron chi connectivity index (χ2n) is 3.28. The number of ether oxygens (including phenoxy) is 1. The van der Waals surface area contributed by atoms with Crippen molar-refractivity contribution in [3.63, 3.8) is 0 Å². The summed E-state index contributed by atoms with van der Waals surface area (Å²) in [5, 5.41) is 27.4. The average Bonchev–Trinajstić information content (AvgIpc) is 2.32. The van der Waals surface area contributed by atoms with Crippen molar-refractivity contribution in [3.05, 3.63) is 0 Å². The molecule has 0 aromatic rings. The van der Waals surface area contributed by atoms with E-state index in [2.05, 4.69) is 0 Å². The van der Waals surface area contributed by atoms with E-state index in [0.29, 0.717) is 0 Å². The molecule has 0 bridgehead atoms. The minimum absolute atomic E-state index is 0.0642. The molecule has 5 heteroatoms. The highest BCUT2D eigenvalue weighted by molar-refractivity contribution is 5.76. The molecule has 4 atom stereocenters. The number of Topliss-reactive ketones (excluding diaryl/α,β-unsaturated/α-hetero) is 1. The fourth-order valence-electron chi connectivity index (χ4n) is 1.43. The highest BCUT2D eigenvalue weighted by Crippen LogP contribution is 2.23. The number of aliphatic hydroxyl groups excluding tert-OH is 3. The Morgan fingerprint density at radius 1 is 1.31 bits per heavy atom. The maximum Gasteiger partial charge on any atom is 0.132 e. The predicted molar refractivity (Wildman–Crippen MR) is 43.1 cm³/mol. The molecule has 1 saturated heterocycles. The lowest BCUT2D eigenvalue weighted by molar-refractivity contribution is -0.121. The van der Waals surface area contributed by atoms with Crippen LogP contribution in [-0.2, 0) is 9.53 Å². The van der Waals surface area contributed by atoms with Crippen molar-refractivity contribution < 1.29 is 24.9 Å². The minimum atomic E-state index is -1.10. The number of hydrogen-bond donors (Lipinski definition) is 3. The number of ketones is 1. The van der Waals surface area contributed by atoms with Crippen LogP contribution in [-0.4, -0.2) is 52.1 Å². The molecule has 1 rings (SSSR count). The van der Waals surface area contributed by atoms with Crippen LogP contribution in [0.2, 0.25) is 0 Å². The summed E-state index contributed by atoms with van der Waals surface area (Å²) in [6, 6.07) is 0. The Kier molecular flexibility index (Phi) is 3.38. The van der Waals surface area contributed by atoms with E-state index in [1.807, 2.05) is 0 Å². The lowest BCUT2D eigenvalue weighted by atomic mass is 10.0. The van der Waals surface area contributed by atoms with Crippen molar-refractivity contribution in [2.24, 2.45) is 0 Å². The molecule has 0 saturated carbocycles. The molecular formula is C8H14O5. The number of carbonyl (C=O) groups is 1. The second-order valence-corrected chi connectivity index (χ2v) is 3.28. The summed E-state index contributed by atoms with van der Waals surface area (Å²) in [5.41, 5.74) is 0. The third kappa shape index (κ3) is 2.25. The number of aliphatic hydroxyl groups is 3. The van der Waals surface area contributed by atoms with Crippen LogP contribution in [0.15, 0.2) is 0 Å². The summed E-state index contributed by atoms with van der Waals surface area (Å²) >= 11 is 0. The van der Waals surface area contributed by atoms with Gasteiger partial charge in [-0.25, -0.2) is 0 Å². The Balaban J connectivity index is 2.55. The van der Waals surface area contributed by atoms with Gasteiger partial charge in [0.05, 0.1) is 12.7 Å². The largest absolute Gasteiger partial charge is 0.394 e. The molecule has 0 aromatic heterocycles. The van der Waals surface area contributed by atoms with Gasteiger partial charge in [-0.3, -0.25) is 4.79 Å². The van der Waals surface area contributed by atoms with Gasteiger partial charge in [0.25, 0.3) is 0 Å². The van der Waals surface area contributed by atoms with Gasteiger partial charge in [0, 0.05) is 6.42 Å². The molecular weight excluding hydrogens is 176 g/mol. The van der Waals surface area contributed by atoms with Crippen LogP contribution < -0.4 is 0 Å². The van der Waals surface area contributed by atoms with Gasteiger partial charge in [0.2, 0.25) is 0 Å². The molecule has 0 aromatic carbocycles. The molecule has 3 N–H and O–H groups in total. The molecule has 0 radical (unpaired) electrons. The van der Waals surface area contributed by atoms with Gasteiger partial charge in [-0.1, -0.05) is 0 Å². The quantitative estimate of drug-likeness (QED) is 0.501. The molecule has 0 spiro atoms. The summed E-state index contributed by atoms with van der Waals surface area (Å²) in [7, 11) is 0. The molecule has 5 nitrogen and oxygen atoms in total. The topological polar surface area (TPSA) is 87.0 Å². The highest BCUT2D eigenvalue weighted by Gasteiger charge is 2.42. The van der Waals surface area contributed by atoms with E-state index >= 15 is 0 Å². The van der Waals surface area contributed by atoms with Crippen molar-refractivity contribution >= 4 is 5.78 Å². The molecule has 13 heavy (non-hydrogen) atoms. The summed E-state index contributed by atoms with van der Waals surface area (Å²) < 4.78 is 5.08. The third-order valence-electron chi connectivity index (χ3n) is 2.13. The van der Waals surface area contributed by atoms with Crippen molar-refractivity contribution in [1.82, 2.24) is 0 Å². The van der Waals surface area contributed by atoms with E-state index in [0.717, 1.165) is 0 Å². The monoisotopic (exact) mass is 190 g/mol. The van der Waals surface area contributed by atoms with Crippen LogP contribution in [0.4, 0.5) is 0 Å². The van der Waals surface area contributed by atoms with Crippen molar-refractivity contribution in [1.29, 1.82) is 0 Å². The first-order chi connectivity index (χ1) is 6.06. The summed E-state index contributed by atoms with van der Waals surface area (Å²) in [6.07, 6.45) is -3.59. The maximum absolute atomic E-state index is 10.7. The van der Waals surface area contributed by atoms with Crippen LogP contribution in [0.25, 0.3) is 0 Å². The molecule has 1 aliphatic rings. The zero-order chi connectivity index (χ0) is 10.0. The van der Waals surface area contributed by atoms with Gasteiger partial charge in [0.15, 0.2) is 0 Å². The Bertz CT molecular complexity index is 193. The smallest absolute Gasteiger partial charge is 0.132 e. The number of hydrogen-bond acceptors (Lipinski definition) is 5. The lowest BCUT2D eigenvalue weighted by Gasteiger charge is -2.11. The molecule has 1 fully saturated rings. The summed E-state index contributed by atoms with van der Waals surface area (Å²) in [5.74, 6) is -0.116. The number of rotatable bonds is 3. The number of carbonyl (C=O) groups excluding carboxylic acids is 1. The Hall–Kier alpha value is -0.490. The van der Waals surface area contributed by atoms with E-state index in [1.165, 1.54) is 6.92 Å². The normalized spacial score (nSPS) is 39.4. The first-order valence-electron chi connectivity index (χ1n) is 4.18. The Morgan fingerprint density at radius 2 is 1.85 bits per heavy atom. The molecule has 0 unspecified atom stereocenters. The van der Waals surface area contributed by atoms with E-state index in [9.17, 15) is 15.0 Å². The molecule has 1 heterocycles. The first kappa shape index (κ1) is 10.6. The van der Waals surface area contributed by atoms with E-state index in [4.69, 9.17) is 9.84 Å². The van der Waals surface area contributed by atoms with Gasteiger partial charge in [-0.05, 0) is 6.92 Å². The van der Waals surface area contributed by atoms with Crippen LogP contribution >= 0.6 is 0 Å². The SMILES string of the molecule is CC(=O)C[C@H]1O[C@H](CO)[C@@H](O)[C@H]1O. The van der Waals surface area contributed by atoms with Crippen LogP contribution in [0, 0.1) is 0 Å². The minimum Gasteiger partial charge on any atom is -0.394 e. The van der Waals surface area contributed by atoms with Crippen LogP contribution in [0.1, 0.15) is 13.3 Å². The standard InChI is InChI=1S/C8H14O5/c1-4(10)2-5-7(11)8(12)6(3-9)13-5/h5-9,11-12H,2-3H2,1H3/t5-,6-,7+,8-/m1/s1. The molecule has 0 aliphatic carbocycles. The van der Waals surface area contributed by atoms with Crippen molar-refractivity contribution in [2.45, 2.75) is 37.8 Å². The lowest BCUT2D eigenvalue weighted by Crippen LogP contribution is -2.34. The van der Waals surface area contributed by atoms with E-state index < -0.39 is 24.4 Å². The van der Waals surface area contributed by atoms with Gasteiger partial charge >= 0.3 is 0 Å². The van der Waals surface area contributed by atoms with Gasteiger partial charge < -0.3 is 20.1 Å². The molecule has 0 amide bonds. The Morgan fingerprint density at radius 3 is 2.23 bits per heavy atom. The van der Waals surface area contributed by atoms with E-state index in [1.54, 1.807) is 0 Å². The van der Waals surface area contributed by atoms with Crippen molar-refractivity contribution in [2.75, 3.05) is 6.61 Å². The van der Waals surface area contributed by atoms with Crippen molar-refractivity contribution in [3.8, 4) is 0 Å². The first-order valence-corrected chi connectivity index (χ1v) is 4.18. The average molecular weight is 190 g/mol. The summed E-state index contributed by atoms with van der Waals surface area (Å²) in [6.45, 7) is 1.03. The van der Waals surface area contributed by atoms with Crippen LogP contribution in [0.3, 0.4) is 0 Å².